The summed E-state index contributed by atoms with van der Waals surface area (Å²) in [5, 5.41) is 6.04. The number of amides is 2. The van der Waals surface area contributed by atoms with Gasteiger partial charge in [0.25, 0.3) is 0 Å². The van der Waals surface area contributed by atoms with Crippen molar-refractivity contribution < 1.29 is 9.59 Å². The first-order valence-electron chi connectivity index (χ1n) is 6.97. The molecule has 2 rings (SSSR count). The summed E-state index contributed by atoms with van der Waals surface area (Å²) in [4.78, 5) is 23.1. The lowest BCUT2D eigenvalue weighted by Crippen LogP contribution is -2.43. The third kappa shape index (κ3) is 3.73. The highest BCUT2D eigenvalue weighted by Crippen LogP contribution is 2.24. The fourth-order valence-corrected chi connectivity index (χ4v) is 2.86. The lowest BCUT2D eigenvalue weighted by Gasteiger charge is -2.25. The fraction of sp³-hybridized carbons (Fsp3) is 0.467. The Morgan fingerprint density at radius 3 is 2.60 bits per heavy atom. The van der Waals surface area contributed by atoms with Gasteiger partial charge in [0.2, 0.25) is 12.3 Å². The molecule has 0 heterocycles. The van der Waals surface area contributed by atoms with Gasteiger partial charge in [0.05, 0.1) is 0 Å². The van der Waals surface area contributed by atoms with E-state index in [0.29, 0.717) is 17.0 Å². The second-order valence-corrected chi connectivity index (χ2v) is 5.49. The minimum Gasteiger partial charge on any atom is -0.351 e. The number of halogens is 1. The molecular formula is C15H19ClN2O2. The van der Waals surface area contributed by atoms with Crippen LogP contribution >= 0.6 is 11.6 Å². The van der Waals surface area contributed by atoms with Crippen molar-refractivity contribution in [3.05, 3.63) is 34.9 Å². The molecule has 1 aliphatic rings. The topological polar surface area (TPSA) is 58.2 Å². The van der Waals surface area contributed by atoms with E-state index in [0.717, 1.165) is 25.7 Å². The van der Waals surface area contributed by atoms with E-state index in [1.807, 2.05) is 0 Å². The third-order valence-corrected chi connectivity index (χ3v) is 4.01. The van der Waals surface area contributed by atoms with Crippen LogP contribution in [0.25, 0.3) is 0 Å². The van der Waals surface area contributed by atoms with Crippen LogP contribution in [-0.4, -0.2) is 18.4 Å². The van der Waals surface area contributed by atoms with Crippen LogP contribution in [0.3, 0.4) is 0 Å². The average molecular weight is 295 g/mol. The Labute approximate surface area is 123 Å². The molecule has 0 saturated heterocycles. The monoisotopic (exact) mass is 294 g/mol. The smallest absolute Gasteiger partial charge is 0.247 e. The van der Waals surface area contributed by atoms with E-state index in [1.54, 1.807) is 24.3 Å². The largest absolute Gasteiger partial charge is 0.351 e. The number of benzene rings is 1. The van der Waals surface area contributed by atoms with E-state index < -0.39 is 6.04 Å². The quantitative estimate of drug-likeness (QED) is 0.820. The van der Waals surface area contributed by atoms with Crippen LogP contribution in [0.5, 0.6) is 0 Å². The van der Waals surface area contributed by atoms with E-state index in [2.05, 4.69) is 10.6 Å². The van der Waals surface area contributed by atoms with Crippen molar-refractivity contribution in [1.29, 1.82) is 0 Å². The molecule has 0 bridgehead atoms. The molecule has 4 nitrogen and oxygen atoms in total. The Balaban J connectivity index is 2.09. The van der Waals surface area contributed by atoms with Crippen molar-refractivity contribution in [1.82, 2.24) is 10.6 Å². The van der Waals surface area contributed by atoms with Crippen LogP contribution < -0.4 is 10.6 Å². The Bertz CT molecular complexity index is 473. The lowest BCUT2D eigenvalue weighted by atomic mass is 9.95. The molecule has 1 aromatic carbocycles. The summed E-state index contributed by atoms with van der Waals surface area (Å²) >= 11 is 6.11. The van der Waals surface area contributed by atoms with Gasteiger partial charge < -0.3 is 10.6 Å². The van der Waals surface area contributed by atoms with Crippen LogP contribution in [-0.2, 0) is 9.59 Å². The second-order valence-electron chi connectivity index (χ2n) is 5.08. The molecule has 0 aromatic heterocycles. The summed E-state index contributed by atoms with van der Waals surface area (Å²) in [6.45, 7) is 0. The molecule has 1 saturated carbocycles. The van der Waals surface area contributed by atoms with Crippen LogP contribution in [0, 0.1) is 0 Å². The van der Waals surface area contributed by atoms with Crippen molar-refractivity contribution in [3.63, 3.8) is 0 Å². The molecule has 2 amide bonds. The van der Waals surface area contributed by atoms with E-state index in [9.17, 15) is 9.59 Å². The first kappa shape index (κ1) is 14.9. The van der Waals surface area contributed by atoms with Gasteiger partial charge in [0.1, 0.15) is 6.04 Å². The van der Waals surface area contributed by atoms with E-state index >= 15 is 0 Å². The molecule has 1 fully saturated rings. The summed E-state index contributed by atoms with van der Waals surface area (Å²) in [7, 11) is 0. The minimum absolute atomic E-state index is 0.197. The maximum atomic E-state index is 12.4. The van der Waals surface area contributed by atoms with Crippen LogP contribution in [0.15, 0.2) is 24.3 Å². The molecule has 20 heavy (non-hydrogen) atoms. The number of rotatable bonds is 5. The predicted molar refractivity (Wildman–Crippen MR) is 78.4 cm³/mol. The zero-order valence-electron chi connectivity index (χ0n) is 11.3. The number of hydrogen-bond acceptors (Lipinski definition) is 2. The highest BCUT2D eigenvalue weighted by Gasteiger charge is 2.25. The summed E-state index contributed by atoms with van der Waals surface area (Å²) in [5.74, 6) is -0.197. The molecule has 1 atom stereocenters. The molecule has 1 aliphatic carbocycles. The molecule has 5 heteroatoms. The van der Waals surface area contributed by atoms with Gasteiger partial charge in [0, 0.05) is 16.6 Å². The third-order valence-electron chi connectivity index (χ3n) is 3.66. The van der Waals surface area contributed by atoms with E-state index in [-0.39, 0.29) is 11.9 Å². The number of carbonyl (C=O) groups is 2. The maximum Gasteiger partial charge on any atom is 0.247 e. The van der Waals surface area contributed by atoms with Crippen LogP contribution in [0.2, 0.25) is 5.02 Å². The summed E-state index contributed by atoms with van der Waals surface area (Å²) in [5.41, 5.74) is 0.620. The molecule has 108 valence electrons. The van der Waals surface area contributed by atoms with Crippen LogP contribution in [0.1, 0.15) is 43.7 Å². The molecular weight excluding hydrogens is 276 g/mol. The summed E-state index contributed by atoms with van der Waals surface area (Å²) < 4.78 is 0. The summed E-state index contributed by atoms with van der Waals surface area (Å²) in [6, 6.07) is 6.53. The Hall–Kier alpha value is -1.55. The Morgan fingerprint density at radius 2 is 1.95 bits per heavy atom. The zero-order chi connectivity index (χ0) is 14.4. The molecule has 1 unspecified atom stereocenters. The van der Waals surface area contributed by atoms with Crippen molar-refractivity contribution in [3.8, 4) is 0 Å². The lowest BCUT2D eigenvalue weighted by molar-refractivity contribution is -0.126. The number of nitrogens with one attached hydrogen (secondary N) is 2. The predicted octanol–water partition coefficient (Wildman–Crippen LogP) is 2.58. The van der Waals surface area contributed by atoms with Gasteiger partial charge in [-0.1, -0.05) is 49.1 Å². The fourth-order valence-electron chi connectivity index (χ4n) is 2.62. The average Bonchev–Trinajstić information content (AvgIpc) is 2.47. The first-order valence-corrected chi connectivity index (χ1v) is 7.34. The van der Waals surface area contributed by atoms with Crippen LogP contribution in [0.4, 0.5) is 0 Å². The van der Waals surface area contributed by atoms with Gasteiger partial charge in [-0.15, -0.1) is 0 Å². The first-order chi connectivity index (χ1) is 9.72. The van der Waals surface area contributed by atoms with Gasteiger partial charge in [-0.3, -0.25) is 9.59 Å². The van der Waals surface area contributed by atoms with Gasteiger partial charge >= 0.3 is 0 Å². The molecule has 0 aliphatic heterocycles. The number of hydrogen-bond donors (Lipinski definition) is 2. The van der Waals surface area contributed by atoms with Gasteiger partial charge in [0.15, 0.2) is 0 Å². The standard InChI is InChI=1S/C15H19ClN2O2/c16-13-9-5-4-8-12(13)14(17-10-19)15(20)18-11-6-2-1-3-7-11/h4-5,8-11,14H,1-3,6-7H2,(H,17,19)(H,18,20). The normalized spacial score (nSPS) is 17.2. The van der Waals surface area contributed by atoms with Crippen molar-refractivity contribution in [2.45, 2.75) is 44.2 Å². The SMILES string of the molecule is O=CNC(C(=O)NC1CCCCC1)c1ccccc1Cl. The van der Waals surface area contributed by atoms with E-state index in [1.165, 1.54) is 6.42 Å². The molecule has 0 radical (unpaired) electrons. The van der Waals surface area contributed by atoms with Gasteiger partial charge in [-0.2, -0.15) is 0 Å². The highest BCUT2D eigenvalue weighted by molar-refractivity contribution is 6.31. The molecule has 2 N–H and O–H groups in total. The Morgan fingerprint density at radius 1 is 1.25 bits per heavy atom. The second kappa shape index (κ2) is 7.29. The highest BCUT2D eigenvalue weighted by atomic mass is 35.5. The minimum atomic E-state index is -0.733. The van der Waals surface area contributed by atoms with E-state index in [4.69, 9.17) is 11.6 Å². The van der Waals surface area contributed by atoms with Crippen molar-refractivity contribution in [2.75, 3.05) is 0 Å². The Kier molecular flexibility index (Phi) is 5.41. The molecule has 0 spiro atoms. The van der Waals surface area contributed by atoms with Crippen molar-refractivity contribution in [2.24, 2.45) is 0 Å². The van der Waals surface area contributed by atoms with Crippen molar-refractivity contribution >= 4 is 23.9 Å². The number of carbonyl (C=O) groups excluding carboxylic acids is 2. The molecule has 1 aromatic rings. The van der Waals surface area contributed by atoms with Gasteiger partial charge in [-0.25, -0.2) is 0 Å². The van der Waals surface area contributed by atoms with Gasteiger partial charge in [-0.05, 0) is 18.9 Å². The summed E-state index contributed by atoms with van der Waals surface area (Å²) in [6.07, 6.45) is 6.05. The zero-order valence-corrected chi connectivity index (χ0v) is 12.0. The maximum absolute atomic E-state index is 12.4.